The second-order valence-corrected chi connectivity index (χ2v) is 7.36. The van der Waals surface area contributed by atoms with Crippen LogP contribution in [-0.2, 0) is 11.4 Å². The molecule has 0 bridgehead atoms. The largest absolute Gasteiger partial charge is 0.412 e. The molecule has 0 saturated carbocycles. The summed E-state index contributed by atoms with van der Waals surface area (Å²) in [4.78, 5) is 18.8. The SMILES string of the molecule is O=C(OF)c1cccc(Cc2c(C3=CCCC(C(F)(F)F)=C3)nn3cc(Cl)ccc23)n1. The second kappa shape index (κ2) is 8.14. The Labute approximate surface area is 178 Å². The van der Waals surface area contributed by atoms with Crippen LogP contribution in [0, 0.1) is 0 Å². The van der Waals surface area contributed by atoms with Crippen molar-refractivity contribution in [1.82, 2.24) is 14.6 Å². The summed E-state index contributed by atoms with van der Waals surface area (Å²) < 4.78 is 53.5. The third-order valence-corrected chi connectivity index (χ3v) is 5.11. The van der Waals surface area contributed by atoms with Crippen LogP contribution < -0.4 is 0 Å². The molecule has 10 heteroatoms. The molecule has 4 rings (SSSR count). The van der Waals surface area contributed by atoms with Crippen LogP contribution >= 0.6 is 11.6 Å². The Balaban J connectivity index is 1.82. The normalized spacial score (nSPS) is 14.4. The molecule has 0 fully saturated rings. The number of carbonyl (C=O) groups is 1. The van der Waals surface area contributed by atoms with Crippen LogP contribution in [0.4, 0.5) is 17.7 Å². The van der Waals surface area contributed by atoms with E-state index in [1.807, 2.05) is 0 Å². The van der Waals surface area contributed by atoms with Crippen molar-refractivity contribution < 1.29 is 27.4 Å². The lowest BCUT2D eigenvalue weighted by atomic mass is 9.94. The van der Waals surface area contributed by atoms with Gasteiger partial charge in [0.1, 0.15) is 0 Å². The molecule has 0 radical (unpaired) electrons. The van der Waals surface area contributed by atoms with E-state index in [4.69, 9.17) is 11.6 Å². The summed E-state index contributed by atoms with van der Waals surface area (Å²) in [5.74, 6) is -1.23. The highest BCUT2D eigenvalue weighted by atomic mass is 35.5. The summed E-state index contributed by atoms with van der Waals surface area (Å²) >= 11 is 6.05. The second-order valence-electron chi connectivity index (χ2n) is 6.93. The highest BCUT2D eigenvalue weighted by Gasteiger charge is 2.34. The van der Waals surface area contributed by atoms with Crippen molar-refractivity contribution in [2.24, 2.45) is 0 Å². The maximum Gasteiger partial charge on any atom is 0.412 e. The van der Waals surface area contributed by atoms with Gasteiger partial charge in [-0.2, -0.15) is 18.3 Å². The van der Waals surface area contributed by atoms with Crippen molar-refractivity contribution in [3.63, 3.8) is 0 Å². The molecular formula is C21H14ClF4N3O2. The molecule has 31 heavy (non-hydrogen) atoms. The summed E-state index contributed by atoms with van der Waals surface area (Å²) in [5, 5.41) is 4.86. The molecular weight excluding hydrogens is 438 g/mol. The minimum Gasteiger partial charge on any atom is -0.248 e. The van der Waals surface area contributed by atoms with Gasteiger partial charge in [0.25, 0.3) is 0 Å². The number of fused-ring (bicyclic) bond motifs is 1. The zero-order valence-electron chi connectivity index (χ0n) is 15.8. The molecule has 5 nitrogen and oxygen atoms in total. The van der Waals surface area contributed by atoms with Crippen molar-refractivity contribution in [3.8, 4) is 0 Å². The van der Waals surface area contributed by atoms with Crippen molar-refractivity contribution in [1.29, 1.82) is 0 Å². The number of aromatic nitrogens is 3. The lowest BCUT2D eigenvalue weighted by molar-refractivity contribution is -0.0939. The van der Waals surface area contributed by atoms with Gasteiger partial charge in [-0.25, -0.2) is 19.2 Å². The molecule has 160 valence electrons. The molecule has 3 aromatic rings. The predicted octanol–water partition coefficient (Wildman–Crippen LogP) is 5.68. The fraction of sp³-hybridized carbons (Fsp3) is 0.190. The van der Waals surface area contributed by atoms with Gasteiger partial charge < -0.3 is 0 Å². The highest BCUT2D eigenvalue weighted by Crippen LogP contribution is 2.37. The van der Waals surface area contributed by atoms with Crippen molar-refractivity contribution in [2.75, 3.05) is 0 Å². The Morgan fingerprint density at radius 2 is 2.03 bits per heavy atom. The topological polar surface area (TPSA) is 56.5 Å². The molecule has 3 heterocycles. The third kappa shape index (κ3) is 4.32. The molecule has 1 aliphatic carbocycles. The summed E-state index contributed by atoms with van der Waals surface area (Å²) in [6.07, 6.45) is 0.186. The number of rotatable bonds is 4. The van der Waals surface area contributed by atoms with Gasteiger partial charge in [0.15, 0.2) is 5.69 Å². The van der Waals surface area contributed by atoms with Gasteiger partial charge in [0.05, 0.1) is 16.2 Å². The third-order valence-electron chi connectivity index (χ3n) is 4.88. The maximum atomic E-state index is 13.3. The maximum absolute atomic E-state index is 13.3. The molecule has 1 aliphatic rings. The molecule has 0 N–H and O–H groups in total. The number of pyridine rings is 2. The van der Waals surface area contributed by atoms with E-state index in [0.717, 1.165) is 6.08 Å². The van der Waals surface area contributed by atoms with Gasteiger partial charge in [-0.05, 0) is 48.8 Å². The number of nitrogens with zero attached hydrogens (tertiary/aromatic N) is 3. The van der Waals surface area contributed by atoms with E-state index in [9.17, 15) is 22.5 Å². The van der Waals surface area contributed by atoms with E-state index in [2.05, 4.69) is 15.0 Å². The monoisotopic (exact) mass is 451 g/mol. The Kier molecular flexibility index (Phi) is 5.53. The summed E-state index contributed by atoms with van der Waals surface area (Å²) in [5.41, 5.74) is 1.45. The number of hydrogen-bond acceptors (Lipinski definition) is 4. The Bertz CT molecular complexity index is 1230. The molecule has 0 aromatic carbocycles. The fourth-order valence-electron chi connectivity index (χ4n) is 3.48. The Morgan fingerprint density at radius 3 is 2.77 bits per heavy atom. The first-order valence-electron chi connectivity index (χ1n) is 9.20. The quantitative estimate of drug-likeness (QED) is 0.479. The van der Waals surface area contributed by atoms with Gasteiger partial charge >= 0.3 is 12.1 Å². The van der Waals surface area contributed by atoms with Crippen LogP contribution in [0.1, 0.15) is 40.3 Å². The number of allylic oxidation sites excluding steroid dienone is 4. The van der Waals surface area contributed by atoms with Gasteiger partial charge in [0.2, 0.25) is 0 Å². The van der Waals surface area contributed by atoms with Crippen molar-refractivity contribution >= 4 is 28.7 Å². The summed E-state index contributed by atoms with van der Waals surface area (Å²) in [6.45, 7) is 0. The molecule has 0 saturated heterocycles. The molecule has 0 spiro atoms. The van der Waals surface area contributed by atoms with Crippen molar-refractivity contribution in [3.05, 3.63) is 81.9 Å². The lowest BCUT2D eigenvalue weighted by Crippen LogP contribution is -2.14. The molecule has 0 unspecified atom stereocenters. The molecule has 3 aromatic heterocycles. The Hall–Kier alpha value is -3.20. The van der Waals surface area contributed by atoms with Gasteiger partial charge in [-0.15, -0.1) is 0 Å². The minimum absolute atomic E-state index is 0.101. The van der Waals surface area contributed by atoms with Crippen LogP contribution in [0.3, 0.4) is 0 Å². The van der Waals surface area contributed by atoms with Gasteiger partial charge in [0, 0.05) is 34.0 Å². The van der Waals surface area contributed by atoms with E-state index in [1.54, 1.807) is 30.5 Å². The number of alkyl halides is 3. The number of hydrogen-bond donors (Lipinski definition) is 0. The van der Waals surface area contributed by atoms with Crippen LogP contribution in [-0.4, -0.2) is 26.7 Å². The first-order valence-corrected chi connectivity index (χ1v) is 9.58. The molecule has 0 atom stereocenters. The minimum atomic E-state index is -4.43. The average molecular weight is 452 g/mol. The number of halogens is 5. The van der Waals surface area contributed by atoms with Gasteiger partial charge in [-0.3, -0.25) is 0 Å². The average Bonchev–Trinajstić information content (AvgIpc) is 3.10. The molecule has 0 aliphatic heterocycles. The van der Waals surface area contributed by atoms with E-state index in [1.165, 1.54) is 16.6 Å². The first kappa shape index (κ1) is 21.0. The van der Waals surface area contributed by atoms with Crippen LogP contribution in [0.5, 0.6) is 0 Å². The van der Waals surface area contributed by atoms with Crippen molar-refractivity contribution in [2.45, 2.75) is 25.4 Å². The summed E-state index contributed by atoms with van der Waals surface area (Å²) in [6, 6.07) is 7.76. The highest BCUT2D eigenvalue weighted by molar-refractivity contribution is 6.30. The van der Waals surface area contributed by atoms with Crippen LogP contribution in [0.2, 0.25) is 5.02 Å². The zero-order valence-corrected chi connectivity index (χ0v) is 16.5. The van der Waals surface area contributed by atoms with E-state index < -0.39 is 17.7 Å². The van der Waals surface area contributed by atoms with E-state index >= 15 is 0 Å². The first-order chi connectivity index (χ1) is 14.8. The van der Waals surface area contributed by atoms with E-state index in [-0.39, 0.29) is 25.0 Å². The number of carbonyl (C=O) groups excluding carboxylic acids is 1. The standard InChI is InChI=1S/C21H14ClF4N3O2/c22-14-7-8-18-16(10-15-5-2-6-17(27-15)20(30)31-26)19(28-29(18)11-14)12-3-1-4-13(9-12)21(23,24)25/h2-3,5-9,11H,1,4,10H2. The fourth-order valence-corrected chi connectivity index (χ4v) is 3.64. The molecule has 0 amide bonds. The Morgan fingerprint density at radius 1 is 1.23 bits per heavy atom. The smallest absolute Gasteiger partial charge is 0.248 e. The zero-order chi connectivity index (χ0) is 22.2. The van der Waals surface area contributed by atoms with E-state index in [0.29, 0.717) is 33.1 Å². The predicted molar refractivity (Wildman–Crippen MR) is 105 cm³/mol. The lowest BCUT2D eigenvalue weighted by Gasteiger charge is -2.16. The van der Waals surface area contributed by atoms with Gasteiger partial charge in [-0.1, -0.05) is 23.7 Å². The van der Waals surface area contributed by atoms with Crippen LogP contribution in [0.25, 0.3) is 11.1 Å². The summed E-state index contributed by atoms with van der Waals surface area (Å²) in [7, 11) is 0. The van der Waals surface area contributed by atoms with Crippen LogP contribution in [0.15, 0.2) is 54.3 Å².